The molecule has 0 fully saturated rings. The van der Waals surface area contributed by atoms with Crippen LogP contribution in [0.15, 0.2) is 24.3 Å². The van der Waals surface area contributed by atoms with Crippen LogP contribution in [0.2, 0.25) is 0 Å². The first-order valence-corrected chi connectivity index (χ1v) is 7.44. The minimum absolute atomic E-state index is 0.369. The van der Waals surface area contributed by atoms with Gasteiger partial charge in [-0.2, -0.15) is 0 Å². The van der Waals surface area contributed by atoms with E-state index in [9.17, 15) is 5.11 Å². The van der Waals surface area contributed by atoms with E-state index in [0.29, 0.717) is 32.2 Å². The van der Waals surface area contributed by atoms with Crippen molar-refractivity contribution in [3.05, 3.63) is 30.1 Å². The highest BCUT2D eigenvalue weighted by Gasteiger charge is 2.08. The van der Waals surface area contributed by atoms with Gasteiger partial charge in [0, 0.05) is 20.2 Å². The van der Waals surface area contributed by atoms with Crippen LogP contribution in [0.1, 0.15) is 19.7 Å². The number of aromatic nitrogens is 2. The number of para-hydroxylation sites is 2. The largest absolute Gasteiger partial charge is 0.389 e. The van der Waals surface area contributed by atoms with E-state index < -0.39 is 6.10 Å². The highest BCUT2D eigenvalue weighted by molar-refractivity contribution is 5.75. The second-order valence-electron chi connectivity index (χ2n) is 5.79. The van der Waals surface area contributed by atoms with Crippen LogP contribution in [-0.4, -0.2) is 40.5 Å². The van der Waals surface area contributed by atoms with Gasteiger partial charge in [-0.05, 0) is 18.1 Å². The molecule has 1 unspecified atom stereocenters. The quantitative estimate of drug-likeness (QED) is 0.777. The van der Waals surface area contributed by atoms with Gasteiger partial charge in [-0.25, -0.2) is 4.98 Å². The van der Waals surface area contributed by atoms with Crippen LogP contribution in [-0.2, 0) is 18.3 Å². The first-order valence-electron chi connectivity index (χ1n) is 7.44. The Kier molecular flexibility index (Phi) is 5.73. The number of fused-ring (bicyclic) bond motifs is 1. The van der Waals surface area contributed by atoms with Crippen molar-refractivity contribution in [3.63, 3.8) is 0 Å². The number of aliphatic hydroxyl groups is 1. The second-order valence-corrected chi connectivity index (χ2v) is 5.79. The van der Waals surface area contributed by atoms with E-state index in [0.717, 1.165) is 16.9 Å². The lowest BCUT2D eigenvalue weighted by Gasteiger charge is -2.13. The molecular formula is C16H25N3O2. The molecular weight excluding hydrogens is 266 g/mol. The summed E-state index contributed by atoms with van der Waals surface area (Å²) < 4.78 is 7.49. The standard InChI is InChI=1S/C16H25N3O2/c1-12(2)10-21-11-13(20)8-17-9-16-18-14-6-4-5-7-15(14)19(16)3/h4-7,12-13,17,20H,8-11H2,1-3H3. The number of nitrogens with zero attached hydrogens (tertiary/aromatic N) is 2. The third kappa shape index (κ3) is 4.52. The van der Waals surface area contributed by atoms with Crippen LogP contribution in [0, 0.1) is 5.92 Å². The van der Waals surface area contributed by atoms with E-state index in [2.05, 4.69) is 34.8 Å². The summed E-state index contributed by atoms with van der Waals surface area (Å²) in [6.45, 7) is 6.37. The molecule has 2 rings (SSSR count). The molecule has 116 valence electrons. The van der Waals surface area contributed by atoms with Crippen LogP contribution < -0.4 is 5.32 Å². The molecule has 21 heavy (non-hydrogen) atoms. The van der Waals surface area contributed by atoms with Gasteiger partial charge >= 0.3 is 0 Å². The number of aliphatic hydroxyl groups excluding tert-OH is 1. The van der Waals surface area contributed by atoms with Crippen molar-refractivity contribution in [3.8, 4) is 0 Å². The normalized spacial score (nSPS) is 13.2. The summed E-state index contributed by atoms with van der Waals surface area (Å²) in [5, 5.41) is 13.1. The minimum Gasteiger partial charge on any atom is -0.389 e. The minimum atomic E-state index is -0.488. The predicted octanol–water partition coefficient (Wildman–Crippen LogP) is 1.70. The molecule has 0 radical (unpaired) electrons. The average Bonchev–Trinajstić information content (AvgIpc) is 2.76. The smallest absolute Gasteiger partial charge is 0.123 e. The Morgan fingerprint density at radius 1 is 1.29 bits per heavy atom. The maximum absolute atomic E-state index is 9.83. The van der Waals surface area contributed by atoms with Gasteiger partial charge in [0.05, 0.1) is 30.3 Å². The van der Waals surface area contributed by atoms with Crippen molar-refractivity contribution >= 4 is 11.0 Å². The lowest BCUT2D eigenvalue weighted by Crippen LogP contribution is -2.31. The van der Waals surface area contributed by atoms with Crippen LogP contribution in [0.25, 0.3) is 11.0 Å². The zero-order valence-corrected chi connectivity index (χ0v) is 13.0. The molecule has 5 nitrogen and oxygen atoms in total. The van der Waals surface area contributed by atoms with Gasteiger partial charge in [-0.15, -0.1) is 0 Å². The van der Waals surface area contributed by atoms with Gasteiger partial charge in [0.1, 0.15) is 5.82 Å². The van der Waals surface area contributed by atoms with Gasteiger partial charge in [0.2, 0.25) is 0 Å². The summed E-state index contributed by atoms with van der Waals surface area (Å²) >= 11 is 0. The summed E-state index contributed by atoms with van der Waals surface area (Å²) in [7, 11) is 2.01. The maximum atomic E-state index is 9.83. The fourth-order valence-corrected chi connectivity index (χ4v) is 2.20. The molecule has 1 atom stereocenters. The predicted molar refractivity (Wildman–Crippen MR) is 84.1 cm³/mol. The lowest BCUT2D eigenvalue weighted by molar-refractivity contribution is 0.0259. The zero-order chi connectivity index (χ0) is 15.2. The Morgan fingerprint density at radius 2 is 2.05 bits per heavy atom. The molecule has 0 aliphatic rings. The third-order valence-corrected chi connectivity index (χ3v) is 3.30. The van der Waals surface area contributed by atoms with Crippen molar-refractivity contribution < 1.29 is 9.84 Å². The molecule has 2 aromatic rings. The SMILES string of the molecule is CC(C)COCC(O)CNCc1nc2ccccc2n1C. The van der Waals surface area contributed by atoms with Crippen molar-refractivity contribution in [2.45, 2.75) is 26.5 Å². The van der Waals surface area contributed by atoms with Gasteiger partial charge in [-0.1, -0.05) is 26.0 Å². The van der Waals surface area contributed by atoms with Gasteiger partial charge < -0.3 is 19.7 Å². The first-order chi connectivity index (χ1) is 10.1. The molecule has 0 saturated carbocycles. The van der Waals surface area contributed by atoms with E-state index in [1.807, 2.05) is 25.2 Å². The number of hydrogen-bond acceptors (Lipinski definition) is 4. The number of benzene rings is 1. The Morgan fingerprint density at radius 3 is 2.76 bits per heavy atom. The van der Waals surface area contributed by atoms with Crippen molar-refractivity contribution in [1.82, 2.24) is 14.9 Å². The molecule has 0 aliphatic heterocycles. The average molecular weight is 291 g/mol. The van der Waals surface area contributed by atoms with E-state index in [1.165, 1.54) is 0 Å². The molecule has 0 bridgehead atoms. The second kappa shape index (κ2) is 7.54. The number of imidazole rings is 1. The molecule has 1 heterocycles. The van der Waals surface area contributed by atoms with Crippen molar-refractivity contribution in [1.29, 1.82) is 0 Å². The highest BCUT2D eigenvalue weighted by Crippen LogP contribution is 2.13. The molecule has 0 saturated heterocycles. The van der Waals surface area contributed by atoms with Crippen LogP contribution in [0.5, 0.6) is 0 Å². The Bertz CT molecular complexity index is 566. The van der Waals surface area contributed by atoms with Crippen LogP contribution >= 0.6 is 0 Å². The van der Waals surface area contributed by atoms with E-state index >= 15 is 0 Å². The van der Waals surface area contributed by atoms with E-state index in [-0.39, 0.29) is 0 Å². The Balaban J connectivity index is 1.78. The number of rotatable bonds is 8. The van der Waals surface area contributed by atoms with E-state index in [1.54, 1.807) is 0 Å². The molecule has 2 N–H and O–H groups in total. The number of aryl methyl sites for hydroxylation is 1. The molecule has 1 aromatic heterocycles. The third-order valence-electron chi connectivity index (χ3n) is 3.30. The van der Waals surface area contributed by atoms with Gasteiger partial charge in [-0.3, -0.25) is 0 Å². The summed E-state index contributed by atoms with van der Waals surface area (Å²) in [5.74, 6) is 1.46. The fraction of sp³-hybridized carbons (Fsp3) is 0.562. The van der Waals surface area contributed by atoms with Crippen LogP contribution in [0.4, 0.5) is 0 Å². The molecule has 0 amide bonds. The lowest BCUT2D eigenvalue weighted by atomic mass is 10.2. The summed E-state index contributed by atoms with van der Waals surface area (Å²) in [6, 6.07) is 8.06. The zero-order valence-electron chi connectivity index (χ0n) is 13.0. The highest BCUT2D eigenvalue weighted by atomic mass is 16.5. The van der Waals surface area contributed by atoms with Gasteiger partial charge in [0.25, 0.3) is 0 Å². The molecule has 1 aromatic carbocycles. The number of ether oxygens (including phenoxy) is 1. The van der Waals surface area contributed by atoms with Crippen molar-refractivity contribution in [2.75, 3.05) is 19.8 Å². The Labute approximate surface area is 125 Å². The van der Waals surface area contributed by atoms with Gasteiger partial charge in [0.15, 0.2) is 0 Å². The van der Waals surface area contributed by atoms with Crippen molar-refractivity contribution in [2.24, 2.45) is 13.0 Å². The molecule has 0 spiro atoms. The molecule has 0 aliphatic carbocycles. The fourth-order valence-electron chi connectivity index (χ4n) is 2.20. The van der Waals surface area contributed by atoms with Crippen LogP contribution in [0.3, 0.4) is 0 Å². The van der Waals surface area contributed by atoms with E-state index in [4.69, 9.17) is 4.74 Å². The Hall–Kier alpha value is -1.43. The number of nitrogens with one attached hydrogen (secondary N) is 1. The first kappa shape index (κ1) is 15.9. The topological polar surface area (TPSA) is 59.3 Å². The monoisotopic (exact) mass is 291 g/mol. The summed E-state index contributed by atoms with van der Waals surface area (Å²) in [4.78, 5) is 4.58. The summed E-state index contributed by atoms with van der Waals surface area (Å²) in [5.41, 5.74) is 2.12. The maximum Gasteiger partial charge on any atom is 0.123 e. The summed E-state index contributed by atoms with van der Waals surface area (Å²) in [6.07, 6.45) is -0.488. The molecule has 5 heteroatoms. The number of hydrogen-bond donors (Lipinski definition) is 2.